The van der Waals surface area contributed by atoms with Gasteiger partial charge in [-0.05, 0) is 68.0 Å². The first-order valence-corrected chi connectivity index (χ1v) is 5.66. The van der Waals surface area contributed by atoms with E-state index in [1.807, 2.05) is 26.0 Å². The smallest absolute Gasteiger partial charge is 0.159 e. The zero-order valence-corrected chi connectivity index (χ0v) is 15.9. The Bertz CT molecular complexity index is 630. The zero-order valence-electron chi connectivity index (χ0n) is 11.2. The molecule has 0 saturated carbocycles. The van der Waals surface area contributed by atoms with Crippen LogP contribution in [0, 0.1) is 64.8 Å². The number of aryl methyl sites for hydroxylation is 2. The fourth-order valence-electron chi connectivity index (χ4n) is 2.13. The summed E-state index contributed by atoms with van der Waals surface area (Å²) in [5.74, 6) is 0.152. The summed E-state index contributed by atoms with van der Waals surface area (Å²) in [6.45, 7) is 7.62. The van der Waals surface area contributed by atoms with Crippen molar-refractivity contribution in [2.45, 2.75) is 27.7 Å². The van der Waals surface area contributed by atoms with Gasteiger partial charge in [0.25, 0.3) is 0 Å². The van der Waals surface area contributed by atoms with E-state index in [9.17, 15) is 9.90 Å². The molecule has 0 bridgehead atoms. The first-order valence-electron chi connectivity index (χ1n) is 5.66. The van der Waals surface area contributed by atoms with E-state index < -0.39 is 0 Å². The molecule has 0 aliphatic heterocycles. The van der Waals surface area contributed by atoms with Crippen molar-refractivity contribution < 1.29 is 54.0 Å². The van der Waals surface area contributed by atoms with Crippen LogP contribution in [0.1, 0.15) is 34.0 Å². The van der Waals surface area contributed by atoms with Crippen LogP contribution in [0.3, 0.4) is 0 Å². The number of aromatic hydroxyl groups is 1. The van der Waals surface area contributed by atoms with E-state index in [4.69, 9.17) is 0 Å². The molecule has 1 N–H and O–H groups in total. The van der Waals surface area contributed by atoms with Gasteiger partial charge in [0.15, 0.2) is 5.78 Å². The minimum absolute atomic E-state index is 0. The molecule has 0 amide bonds. The monoisotopic (exact) mass is 455 g/mol. The summed E-state index contributed by atoms with van der Waals surface area (Å²) in [4.78, 5) is 11.4. The van der Waals surface area contributed by atoms with Crippen molar-refractivity contribution in [2.24, 2.45) is 0 Å². The van der Waals surface area contributed by atoms with Crippen LogP contribution in [0.15, 0.2) is 18.2 Å². The fourth-order valence-corrected chi connectivity index (χ4v) is 2.13. The average Bonchev–Trinajstić information content (AvgIpc) is 2.27. The van der Waals surface area contributed by atoms with Crippen LogP contribution >= 0.6 is 0 Å². The van der Waals surface area contributed by atoms with Crippen LogP contribution in [-0.2, 0) is 0 Å². The van der Waals surface area contributed by atoms with Gasteiger partial charge in [-0.15, -0.1) is 0 Å². The molecule has 91 valence electrons. The fraction of sp³-hybridized carbons (Fsp3) is 0.267. The third kappa shape index (κ3) is 2.63. The molecule has 0 aliphatic carbocycles. The van der Waals surface area contributed by atoms with E-state index in [0.717, 1.165) is 21.9 Å². The van der Waals surface area contributed by atoms with E-state index in [0.29, 0.717) is 5.56 Å². The van der Waals surface area contributed by atoms with Crippen molar-refractivity contribution in [3.63, 3.8) is 0 Å². The molecule has 1 radical (unpaired) electrons. The number of fused-ring (bicyclic) bond motifs is 1. The number of hydrogen-bond acceptors (Lipinski definition) is 2. The minimum Gasteiger partial charge on any atom is -0.507 e. The van der Waals surface area contributed by atoms with Gasteiger partial charge in [0, 0.05) is 55.0 Å². The SMILES string of the molecule is CC(=O)c1cc(O)c2cc(C)c(C)c(C)c2c1.[Ac]. The predicted molar refractivity (Wildman–Crippen MR) is 69.8 cm³/mol. The molecule has 0 atom stereocenters. The molecule has 2 nitrogen and oxygen atoms in total. The third-order valence-electron chi connectivity index (χ3n) is 3.48. The molecular weight excluding hydrogens is 439 g/mol. The van der Waals surface area contributed by atoms with Crippen LogP contribution < -0.4 is 0 Å². The van der Waals surface area contributed by atoms with Crippen molar-refractivity contribution in [1.29, 1.82) is 0 Å². The Kier molecular flexibility index (Phi) is 4.98. The maximum absolute atomic E-state index is 11.4. The number of phenolic OH excluding ortho intramolecular Hbond substituents is 1. The average molecular weight is 455 g/mol. The summed E-state index contributed by atoms with van der Waals surface area (Å²) in [6, 6.07) is 5.37. The molecular formula is C15H16AcO2. The van der Waals surface area contributed by atoms with Crippen LogP contribution in [0.25, 0.3) is 10.8 Å². The molecule has 0 spiro atoms. The molecule has 0 aliphatic rings. The number of rotatable bonds is 1. The topological polar surface area (TPSA) is 37.3 Å². The Morgan fingerprint density at radius 2 is 1.61 bits per heavy atom. The summed E-state index contributed by atoms with van der Waals surface area (Å²) in [6.07, 6.45) is 0. The van der Waals surface area contributed by atoms with Crippen LogP contribution in [0.2, 0.25) is 0 Å². The van der Waals surface area contributed by atoms with Crippen molar-refractivity contribution in [3.05, 3.63) is 40.5 Å². The van der Waals surface area contributed by atoms with Gasteiger partial charge in [0.2, 0.25) is 0 Å². The van der Waals surface area contributed by atoms with Crippen molar-refractivity contribution >= 4 is 16.6 Å². The first-order chi connectivity index (χ1) is 7.91. The molecule has 2 aromatic rings. The number of phenols is 1. The standard InChI is InChI=1S/C15H16O2.Ac/c1-8-5-14-13(10(3)9(8)2)6-12(11(4)16)7-15(14)17;/h5-7,17H,1-4H3;. The summed E-state index contributed by atoms with van der Waals surface area (Å²) >= 11 is 0. The van der Waals surface area contributed by atoms with E-state index in [1.165, 1.54) is 12.5 Å². The number of hydrogen-bond donors (Lipinski definition) is 1. The van der Waals surface area contributed by atoms with Crippen LogP contribution in [0.4, 0.5) is 0 Å². The van der Waals surface area contributed by atoms with Gasteiger partial charge in [-0.3, -0.25) is 4.79 Å². The summed E-state index contributed by atoms with van der Waals surface area (Å²) < 4.78 is 0. The van der Waals surface area contributed by atoms with Gasteiger partial charge in [-0.2, -0.15) is 0 Å². The quantitative estimate of drug-likeness (QED) is 0.667. The van der Waals surface area contributed by atoms with Crippen molar-refractivity contribution in [2.75, 3.05) is 0 Å². The second-order valence-electron chi connectivity index (χ2n) is 4.59. The second-order valence-corrected chi connectivity index (χ2v) is 4.59. The van der Waals surface area contributed by atoms with Gasteiger partial charge < -0.3 is 5.11 Å². The Balaban J connectivity index is 0.00000162. The van der Waals surface area contributed by atoms with Crippen molar-refractivity contribution in [3.8, 4) is 5.75 Å². The Labute approximate surface area is 143 Å². The predicted octanol–water partition coefficient (Wildman–Crippen LogP) is 3.67. The van der Waals surface area contributed by atoms with Crippen molar-refractivity contribution in [1.82, 2.24) is 0 Å². The normalized spacial score (nSPS) is 10.2. The van der Waals surface area contributed by atoms with E-state index in [-0.39, 0.29) is 55.6 Å². The molecule has 0 heterocycles. The molecule has 18 heavy (non-hydrogen) atoms. The minimum atomic E-state index is -0.0279. The van der Waals surface area contributed by atoms with Crippen LogP contribution in [0.5, 0.6) is 5.75 Å². The van der Waals surface area contributed by atoms with Gasteiger partial charge in [-0.1, -0.05) is 0 Å². The maximum atomic E-state index is 11.4. The van der Waals surface area contributed by atoms with E-state index in [1.54, 1.807) is 6.07 Å². The van der Waals surface area contributed by atoms with Crippen LogP contribution in [-0.4, -0.2) is 10.9 Å². The van der Waals surface area contributed by atoms with Gasteiger partial charge in [0.1, 0.15) is 5.75 Å². The number of carbonyl (C=O) groups is 1. The van der Waals surface area contributed by atoms with E-state index in [2.05, 4.69) is 6.92 Å². The number of Topliss-reactive ketones (excluding diaryl/α,β-unsaturated/α-hetero) is 1. The maximum Gasteiger partial charge on any atom is 0.159 e. The number of ketones is 1. The Morgan fingerprint density at radius 1 is 1.00 bits per heavy atom. The van der Waals surface area contributed by atoms with Gasteiger partial charge >= 0.3 is 0 Å². The molecule has 3 heteroatoms. The molecule has 2 rings (SSSR count). The molecule has 0 saturated heterocycles. The molecule has 0 aromatic heterocycles. The van der Waals surface area contributed by atoms with Gasteiger partial charge in [0.05, 0.1) is 0 Å². The summed E-state index contributed by atoms with van der Waals surface area (Å²) in [5.41, 5.74) is 4.04. The summed E-state index contributed by atoms with van der Waals surface area (Å²) in [5, 5.41) is 11.8. The summed E-state index contributed by atoms with van der Waals surface area (Å²) in [7, 11) is 0. The third-order valence-corrected chi connectivity index (χ3v) is 3.48. The van der Waals surface area contributed by atoms with E-state index >= 15 is 0 Å². The molecule has 0 fully saturated rings. The number of benzene rings is 2. The Morgan fingerprint density at radius 3 is 2.17 bits per heavy atom. The zero-order chi connectivity index (χ0) is 12.7. The molecule has 2 aromatic carbocycles. The molecule has 0 unspecified atom stereocenters. The van der Waals surface area contributed by atoms with Gasteiger partial charge in [-0.25, -0.2) is 0 Å². The second kappa shape index (κ2) is 5.72. The first kappa shape index (κ1) is 15.7. The largest absolute Gasteiger partial charge is 0.507 e. The Hall–Kier alpha value is -0.388. The number of carbonyl (C=O) groups excluding carboxylic acids is 1.